The van der Waals surface area contributed by atoms with Gasteiger partial charge in [-0.15, -0.1) is 0 Å². The fourth-order valence-electron chi connectivity index (χ4n) is 2.07. The lowest BCUT2D eigenvalue weighted by atomic mass is 10.1. The van der Waals surface area contributed by atoms with Crippen LogP contribution in [0, 0.1) is 18.3 Å². The van der Waals surface area contributed by atoms with E-state index < -0.39 is 5.97 Å². The summed E-state index contributed by atoms with van der Waals surface area (Å²) >= 11 is 5.88. The van der Waals surface area contributed by atoms with Gasteiger partial charge in [-0.2, -0.15) is 5.26 Å². The molecule has 0 aliphatic heterocycles. The minimum absolute atomic E-state index is 0.0865. The Bertz CT molecular complexity index is 820. The van der Waals surface area contributed by atoms with Crippen LogP contribution in [0.1, 0.15) is 24.5 Å². The van der Waals surface area contributed by atoms with E-state index in [9.17, 15) is 10.1 Å². The summed E-state index contributed by atoms with van der Waals surface area (Å²) in [5, 5.41) is 9.81. The highest BCUT2D eigenvalue weighted by atomic mass is 35.5. The number of ether oxygens (including phenoxy) is 2. The van der Waals surface area contributed by atoms with Crippen molar-refractivity contribution in [2.24, 2.45) is 0 Å². The normalized spacial score (nSPS) is 10.9. The maximum atomic E-state index is 12.2. The van der Waals surface area contributed by atoms with E-state index in [1.54, 1.807) is 49.4 Å². The molecule has 2 aromatic carbocycles. The molecule has 0 amide bonds. The highest BCUT2D eigenvalue weighted by Crippen LogP contribution is 2.23. The number of nitrogens with zero attached hydrogens (tertiary/aromatic N) is 1. The monoisotopic (exact) mass is 355 g/mol. The zero-order valence-corrected chi connectivity index (χ0v) is 14.8. The van der Waals surface area contributed by atoms with E-state index in [4.69, 9.17) is 21.1 Å². The van der Waals surface area contributed by atoms with Gasteiger partial charge in [0.15, 0.2) is 0 Å². The van der Waals surface area contributed by atoms with E-state index in [1.807, 2.05) is 13.0 Å². The van der Waals surface area contributed by atoms with E-state index in [1.165, 1.54) is 6.08 Å². The molecule has 0 aromatic heterocycles. The molecular weight excluding hydrogens is 338 g/mol. The number of esters is 1. The molecule has 0 spiro atoms. The van der Waals surface area contributed by atoms with Crippen LogP contribution in [-0.4, -0.2) is 12.6 Å². The van der Waals surface area contributed by atoms with Gasteiger partial charge in [0, 0.05) is 5.02 Å². The number of carbonyl (C=O) groups is 1. The lowest BCUT2D eigenvalue weighted by Gasteiger charge is -2.07. The second-order valence-electron chi connectivity index (χ2n) is 5.39. The Hall–Kier alpha value is -2.77. The van der Waals surface area contributed by atoms with E-state index in [0.29, 0.717) is 22.9 Å². The smallest absolute Gasteiger partial charge is 0.354 e. The number of carbonyl (C=O) groups excluding carboxylic acids is 1. The van der Waals surface area contributed by atoms with Gasteiger partial charge in [-0.25, -0.2) is 4.79 Å². The number of aryl methyl sites for hydroxylation is 1. The first-order valence-electron chi connectivity index (χ1n) is 7.86. The van der Waals surface area contributed by atoms with Crippen LogP contribution in [0.2, 0.25) is 5.02 Å². The highest BCUT2D eigenvalue weighted by molar-refractivity contribution is 6.30. The van der Waals surface area contributed by atoms with E-state index in [0.717, 1.165) is 17.7 Å². The van der Waals surface area contributed by atoms with Crippen molar-refractivity contribution in [3.8, 4) is 17.6 Å². The quantitative estimate of drug-likeness (QED) is 0.318. The molecule has 0 atom stereocenters. The predicted molar refractivity (Wildman–Crippen MR) is 97.6 cm³/mol. The third-order valence-corrected chi connectivity index (χ3v) is 3.58. The Labute approximate surface area is 152 Å². The summed E-state index contributed by atoms with van der Waals surface area (Å²) in [6.45, 7) is 4.45. The van der Waals surface area contributed by atoms with Gasteiger partial charge in [0.2, 0.25) is 0 Å². The van der Waals surface area contributed by atoms with Crippen molar-refractivity contribution in [3.63, 3.8) is 0 Å². The van der Waals surface area contributed by atoms with E-state index in [2.05, 4.69) is 0 Å². The number of rotatable bonds is 6. The van der Waals surface area contributed by atoms with E-state index >= 15 is 0 Å². The van der Waals surface area contributed by atoms with Gasteiger partial charge in [0.25, 0.3) is 0 Å². The number of hydrogen-bond donors (Lipinski definition) is 0. The van der Waals surface area contributed by atoms with Crippen LogP contribution in [0.15, 0.2) is 48.0 Å². The Balaban J connectivity index is 2.13. The molecule has 128 valence electrons. The molecule has 0 N–H and O–H groups in total. The van der Waals surface area contributed by atoms with Crippen LogP contribution in [0.3, 0.4) is 0 Å². The van der Waals surface area contributed by atoms with Crippen molar-refractivity contribution in [3.05, 3.63) is 64.2 Å². The average Bonchev–Trinajstić information content (AvgIpc) is 2.61. The molecule has 0 bridgehead atoms. The maximum absolute atomic E-state index is 12.2. The molecule has 5 heteroatoms. The van der Waals surface area contributed by atoms with Gasteiger partial charge in [0.1, 0.15) is 23.1 Å². The molecule has 25 heavy (non-hydrogen) atoms. The molecule has 0 radical (unpaired) electrons. The highest BCUT2D eigenvalue weighted by Gasteiger charge is 2.13. The van der Waals surface area contributed by atoms with Crippen LogP contribution in [0.4, 0.5) is 0 Å². The largest absolute Gasteiger partial charge is 0.494 e. The lowest BCUT2D eigenvalue weighted by molar-refractivity contribution is -0.129. The zero-order chi connectivity index (χ0) is 18.2. The Kier molecular flexibility index (Phi) is 6.62. The summed E-state index contributed by atoms with van der Waals surface area (Å²) < 4.78 is 10.8. The second-order valence-corrected chi connectivity index (χ2v) is 5.82. The average molecular weight is 356 g/mol. The molecular formula is C20H18ClNO3. The lowest BCUT2D eigenvalue weighted by Crippen LogP contribution is -2.10. The fourth-order valence-corrected chi connectivity index (χ4v) is 2.29. The SMILES string of the molecule is CCCOc1ccc(/C=C(\C#N)C(=O)Oc2ccc(Cl)cc2C)cc1. The summed E-state index contributed by atoms with van der Waals surface area (Å²) in [5.74, 6) is 0.412. The number of nitriles is 1. The zero-order valence-electron chi connectivity index (χ0n) is 14.1. The Morgan fingerprint density at radius 3 is 2.56 bits per heavy atom. The fraction of sp³-hybridized carbons (Fsp3) is 0.200. The van der Waals surface area contributed by atoms with Crippen molar-refractivity contribution in [2.75, 3.05) is 6.61 Å². The molecule has 0 saturated carbocycles. The molecule has 0 fully saturated rings. The Morgan fingerprint density at radius 2 is 1.96 bits per heavy atom. The summed E-state index contributed by atoms with van der Waals surface area (Å²) in [6, 6.07) is 14.0. The number of benzene rings is 2. The van der Waals surface area contributed by atoms with Crippen LogP contribution in [-0.2, 0) is 4.79 Å². The first kappa shape index (κ1) is 18.6. The van der Waals surface area contributed by atoms with Gasteiger partial charge in [-0.05, 0) is 60.9 Å². The van der Waals surface area contributed by atoms with Crippen molar-refractivity contribution in [2.45, 2.75) is 20.3 Å². The topological polar surface area (TPSA) is 59.3 Å². The Morgan fingerprint density at radius 1 is 1.24 bits per heavy atom. The minimum atomic E-state index is -0.709. The molecule has 2 aromatic rings. The van der Waals surface area contributed by atoms with Crippen molar-refractivity contribution < 1.29 is 14.3 Å². The third-order valence-electron chi connectivity index (χ3n) is 3.34. The third kappa shape index (κ3) is 5.37. The predicted octanol–water partition coefficient (Wildman–Crippen LogP) is 4.95. The van der Waals surface area contributed by atoms with Gasteiger partial charge in [-0.1, -0.05) is 30.7 Å². The molecule has 0 saturated heterocycles. The first-order valence-corrected chi connectivity index (χ1v) is 8.24. The number of hydrogen-bond acceptors (Lipinski definition) is 4. The summed E-state index contributed by atoms with van der Waals surface area (Å²) in [4.78, 5) is 12.2. The van der Waals surface area contributed by atoms with E-state index in [-0.39, 0.29) is 5.57 Å². The van der Waals surface area contributed by atoms with Gasteiger partial charge in [0.05, 0.1) is 6.61 Å². The van der Waals surface area contributed by atoms with Crippen LogP contribution in [0.25, 0.3) is 6.08 Å². The second kappa shape index (κ2) is 8.91. The number of halogens is 1. The van der Waals surface area contributed by atoms with Gasteiger partial charge < -0.3 is 9.47 Å². The van der Waals surface area contributed by atoms with Gasteiger partial charge >= 0.3 is 5.97 Å². The maximum Gasteiger partial charge on any atom is 0.354 e. The summed E-state index contributed by atoms with van der Waals surface area (Å²) in [6.07, 6.45) is 2.41. The molecule has 0 heterocycles. The van der Waals surface area contributed by atoms with Crippen molar-refractivity contribution in [1.82, 2.24) is 0 Å². The first-order chi connectivity index (χ1) is 12.0. The van der Waals surface area contributed by atoms with Crippen molar-refractivity contribution in [1.29, 1.82) is 5.26 Å². The van der Waals surface area contributed by atoms with Crippen LogP contribution >= 0.6 is 11.6 Å². The summed E-state index contributed by atoms with van der Waals surface area (Å²) in [5.41, 5.74) is 1.34. The van der Waals surface area contributed by atoms with Gasteiger partial charge in [-0.3, -0.25) is 0 Å². The summed E-state index contributed by atoms with van der Waals surface area (Å²) in [7, 11) is 0. The molecule has 0 aliphatic rings. The molecule has 2 rings (SSSR count). The molecule has 0 aliphatic carbocycles. The van der Waals surface area contributed by atoms with Crippen LogP contribution in [0.5, 0.6) is 11.5 Å². The standard InChI is InChI=1S/C20H18ClNO3/c1-3-10-24-18-7-4-15(5-8-18)12-16(13-22)20(23)25-19-9-6-17(21)11-14(19)2/h4-9,11-12H,3,10H2,1-2H3/b16-12+. The van der Waals surface area contributed by atoms with Crippen molar-refractivity contribution >= 4 is 23.6 Å². The molecule has 4 nitrogen and oxygen atoms in total. The molecule has 0 unspecified atom stereocenters. The minimum Gasteiger partial charge on any atom is -0.494 e. The van der Waals surface area contributed by atoms with Crippen LogP contribution < -0.4 is 9.47 Å².